The minimum atomic E-state index is -0.0728. The zero-order chi connectivity index (χ0) is 10.6. The Bertz CT molecular complexity index is 273. The van der Waals surface area contributed by atoms with Gasteiger partial charge in [-0.2, -0.15) is 0 Å². The van der Waals surface area contributed by atoms with Gasteiger partial charge in [0.1, 0.15) is 0 Å². The summed E-state index contributed by atoms with van der Waals surface area (Å²) in [5.41, 5.74) is 7.09. The first-order valence-corrected chi connectivity index (χ1v) is 6.11. The number of rotatable bonds is 5. The highest BCUT2D eigenvalue weighted by Crippen LogP contribution is 2.16. The Morgan fingerprint density at radius 3 is 2.71 bits per heavy atom. The number of aryl methyl sites for hydroxylation is 2. The topological polar surface area (TPSA) is 38.9 Å². The molecule has 0 fully saturated rings. The van der Waals surface area contributed by atoms with Gasteiger partial charge >= 0.3 is 0 Å². The summed E-state index contributed by atoms with van der Waals surface area (Å²) in [7, 11) is 0. The molecule has 0 aliphatic heterocycles. The summed E-state index contributed by atoms with van der Waals surface area (Å²) in [6.45, 7) is 6.31. The van der Waals surface area contributed by atoms with Crippen LogP contribution in [0.5, 0.6) is 0 Å². The Balaban J connectivity index is 2.44. The van der Waals surface area contributed by atoms with Gasteiger partial charge < -0.3 is 5.73 Å². The molecule has 1 aromatic rings. The van der Waals surface area contributed by atoms with Crippen molar-refractivity contribution in [3.05, 3.63) is 16.1 Å². The van der Waals surface area contributed by atoms with Gasteiger partial charge in [0, 0.05) is 17.3 Å². The standard InChI is InChI=1S/C11H20N2S/c1-4-5-9-8-14-10(13-9)6-7-11(2,3)12/h8H,4-7,12H2,1-3H3. The monoisotopic (exact) mass is 212 g/mol. The minimum Gasteiger partial charge on any atom is -0.326 e. The van der Waals surface area contributed by atoms with E-state index in [1.54, 1.807) is 11.3 Å². The van der Waals surface area contributed by atoms with Crippen LogP contribution in [0.3, 0.4) is 0 Å². The number of thiazole rings is 1. The molecule has 0 atom stereocenters. The highest BCUT2D eigenvalue weighted by Gasteiger charge is 2.11. The summed E-state index contributed by atoms with van der Waals surface area (Å²) in [4.78, 5) is 4.57. The van der Waals surface area contributed by atoms with Crippen molar-refractivity contribution in [3.63, 3.8) is 0 Å². The summed E-state index contributed by atoms with van der Waals surface area (Å²) >= 11 is 1.76. The lowest BCUT2D eigenvalue weighted by Crippen LogP contribution is -2.32. The normalized spacial score (nSPS) is 12.0. The maximum atomic E-state index is 5.93. The van der Waals surface area contributed by atoms with E-state index in [9.17, 15) is 0 Å². The second kappa shape index (κ2) is 4.89. The molecule has 0 aliphatic carbocycles. The molecule has 1 heterocycles. The second-order valence-corrected chi connectivity index (χ2v) is 5.41. The number of hydrogen-bond donors (Lipinski definition) is 1. The predicted molar refractivity (Wildman–Crippen MR) is 62.7 cm³/mol. The number of nitrogens with two attached hydrogens (primary N) is 1. The molecule has 0 radical (unpaired) electrons. The van der Waals surface area contributed by atoms with Crippen molar-refractivity contribution in [3.8, 4) is 0 Å². The fraction of sp³-hybridized carbons (Fsp3) is 0.727. The van der Waals surface area contributed by atoms with Crippen LogP contribution >= 0.6 is 11.3 Å². The summed E-state index contributed by atoms with van der Waals surface area (Å²) in [5.74, 6) is 0. The molecule has 1 aromatic heterocycles. The van der Waals surface area contributed by atoms with Crippen LogP contribution in [-0.4, -0.2) is 10.5 Å². The first kappa shape index (κ1) is 11.7. The second-order valence-electron chi connectivity index (χ2n) is 4.47. The zero-order valence-corrected chi connectivity index (χ0v) is 10.2. The highest BCUT2D eigenvalue weighted by molar-refractivity contribution is 7.09. The van der Waals surface area contributed by atoms with Crippen LogP contribution in [0.2, 0.25) is 0 Å². The van der Waals surface area contributed by atoms with Gasteiger partial charge in [-0.15, -0.1) is 11.3 Å². The summed E-state index contributed by atoms with van der Waals surface area (Å²) in [6.07, 6.45) is 4.29. The number of nitrogens with zero attached hydrogens (tertiary/aromatic N) is 1. The van der Waals surface area contributed by atoms with Gasteiger partial charge in [0.25, 0.3) is 0 Å². The van der Waals surface area contributed by atoms with Gasteiger partial charge in [0.15, 0.2) is 0 Å². The molecule has 2 N–H and O–H groups in total. The lowest BCUT2D eigenvalue weighted by atomic mass is 10.0. The van der Waals surface area contributed by atoms with Gasteiger partial charge in [0.05, 0.1) is 10.7 Å². The van der Waals surface area contributed by atoms with Gasteiger partial charge in [-0.1, -0.05) is 13.3 Å². The van der Waals surface area contributed by atoms with Crippen molar-refractivity contribution in [2.75, 3.05) is 0 Å². The molecule has 1 rings (SSSR count). The molecular weight excluding hydrogens is 192 g/mol. The van der Waals surface area contributed by atoms with Gasteiger partial charge in [-0.3, -0.25) is 0 Å². The predicted octanol–water partition coefficient (Wildman–Crippen LogP) is 2.77. The van der Waals surface area contributed by atoms with Crippen molar-refractivity contribution < 1.29 is 0 Å². The molecule has 0 aliphatic rings. The van der Waals surface area contributed by atoms with Crippen molar-refractivity contribution in [2.24, 2.45) is 5.73 Å². The molecule has 80 valence electrons. The van der Waals surface area contributed by atoms with E-state index in [0.717, 1.165) is 19.3 Å². The van der Waals surface area contributed by atoms with Crippen LogP contribution in [-0.2, 0) is 12.8 Å². The van der Waals surface area contributed by atoms with E-state index in [1.165, 1.54) is 17.1 Å². The average molecular weight is 212 g/mol. The summed E-state index contributed by atoms with van der Waals surface area (Å²) < 4.78 is 0. The van der Waals surface area contributed by atoms with Crippen molar-refractivity contribution in [1.29, 1.82) is 0 Å². The molecule has 0 amide bonds. The van der Waals surface area contributed by atoms with E-state index in [4.69, 9.17) is 5.73 Å². The smallest absolute Gasteiger partial charge is 0.0928 e. The third kappa shape index (κ3) is 4.20. The molecule has 3 heteroatoms. The SMILES string of the molecule is CCCc1csc(CCC(C)(C)N)n1. The first-order chi connectivity index (χ1) is 6.51. The summed E-state index contributed by atoms with van der Waals surface area (Å²) in [5, 5.41) is 3.40. The molecule has 14 heavy (non-hydrogen) atoms. The molecular formula is C11H20N2S. The Morgan fingerprint density at radius 1 is 1.43 bits per heavy atom. The number of aromatic nitrogens is 1. The van der Waals surface area contributed by atoms with Crippen LogP contribution in [0, 0.1) is 0 Å². The van der Waals surface area contributed by atoms with E-state index in [1.807, 2.05) is 0 Å². The molecule has 2 nitrogen and oxygen atoms in total. The lowest BCUT2D eigenvalue weighted by molar-refractivity contribution is 0.476. The van der Waals surface area contributed by atoms with E-state index >= 15 is 0 Å². The van der Waals surface area contributed by atoms with Crippen LogP contribution < -0.4 is 5.73 Å². The van der Waals surface area contributed by atoms with Gasteiger partial charge in [-0.25, -0.2) is 4.98 Å². The maximum absolute atomic E-state index is 5.93. The van der Waals surface area contributed by atoms with Crippen LogP contribution in [0.15, 0.2) is 5.38 Å². The van der Waals surface area contributed by atoms with E-state index < -0.39 is 0 Å². The largest absolute Gasteiger partial charge is 0.326 e. The van der Waals surface area contributed by atoms with Gasteiger partial charge in [-0.05, 0) is 26.7 Å². The van der Waals surface area contributed by atoms with Crippen LogP contribution in [0.25, 0.3) is 0 Å². The minimum absolute atomic E-state index is 0.0728. The average Bonchev–Trinajstić information content (AvgIpc) is 2.49. The van der Waals surface area contributed by atoms with E-state index in [0.29, 0.717) is 0 Å². The molecule has 0 saturated heterocycles. The quantitative estimate of drug-likeness (QED) is 0.815. The van der Waals surface area contributed by atoms with Crippen LogP contribution in [0.1, 0.15) is 44.3 Å². The third-order valence-electron chi connectivity index (χ3n) is 2.09. The van der Waals surface area contributed by atoms with Crippen molar-refractivity contribution in [2.45, 2.75) is 52.0 Å². The zero-order valence-electron chi connectivity index (χ0n) is 9.34. The first-order valence-electron chi connectivity index (χ1n) is 5.23. The van der Waals surface area contributed by atoms with E-state index in [2.05, 4.69) is 31.1 Å². The fourth-order valence-electron chi connectivity index (χ4n) is 1.26. The molecule has 0 spiro atoms. The summed E-state index contributed by atoms with van der Waals surface area (Å²) in [6, 6.07) is 0. The van der Waals surface area contributed by atoms with Crippen molar-refractivity contribution >= 4 is 11.3 Å². The van der Waals surface area contributed by atoms with Gasteiger partial charge in [0.2, 0.25) is 0 Å². The fourth-order valence-corrected chi connectivity index (χ4v) is 2.10. The Hall–Kier alpha value is -0.410. The van der Waals surface area contributed by atoms with E-state index in [-0.39, 0.29) is 5.54 Å². The third-order valence-corrected chi connectivity index (χ3v) is 3.05. The maximum Gasteiger partial charge on any atom is 0.0928 e. The molecule has 0 saturated carbocycles. The molecule has 0 unspecified atom stereocenters. The Labute approximate surface area is 90.6 Å². The molecule has 0 aromatic carbocycles. The number of hydrogen-bond acceptors (Lipinski definition) is 3. The Kier molecular flexibility index (Phi) is 4.08. The Morgan fingerprint density at radius 2 is 2.14 bits per heavy atom. The highest BCUT2D eigenvalue weighted by atomic mass is 32.1. The molecule has 0 bridgehead atoms. The van der Waals surface area contributed by atoms with Crippen LogP contribution in [0.4, 0.5) is 0 Å². The van der Waals surface area contributed by atoms with Crippen molar-refractivity contribution in [1.82, 2.24) is 4.98 Å². The lowest BCUT2D eigenvalue weighted by Gasteiger charge is -2.16.